The summed E-state index contributed by atoms with van der Waals surface area (Å²) in [5, 5.41) is 0. The van der Waals surface area contributed by atoms with Crippen molar-refractivity contribution in [3.8, 4) is 0 Å². The number of hydrogen-bond donors (Lipinski definition) is 2. The van der Waals surface area contributed by atoms with Gasteiger partial charge in [-0.15, -0.1) is 0 Å². The Balaban J connectivity index is 5.23. The van der Waals surface area contributed by atoms with Crippen molar-refractivity contribution in [1.82, 2.24) is 9.80 Å². The first kappa shape index (κ1) is 25.5. The first-order valence-electron chi connectivity index (χ1n) is 9.68. The summed E-state index contributed by atoms with van der Waals surface area (Å²) in [7, 11) is 0. The highest BCUT2D eigenvalue weighted by atomic mass is 16.6. The Morgan fingerprint density at radius 1 is 0.852 bits per heavy atom. The summed E-state index contributed by atoms with van der Waals surface area (Å²) in [6.45, 7) is 15.0. The van der Waals surface area contributed by atoms with E-state index in [-0.39, 0.29) is 6.04 Å². The van der Waals surface area contributed by atoms with Crippen LogP contribution < -0.4 is 11.5 Å². The fourth-order valence-electron chi connectivity index (χ4n) is 2.36. The van der Waals surface area contributed by atoms with E-state index in [0.717, 1.165) is 0 Å². The number of rotatable bonds is 9. The van der Waals surface area contributed by atoms with Gasteiger partial charge in [0.25, 0.3) is 0 Å². The first-order valence-corrected chi connectivity index (χ1v) is 9.68. The highest BCUT2D eigenvalue weighted by molar-refractivity contribution is 5.70. The maximum Gasteiger partial charge on any atom is 0.410 e. The van der Waals surface area contributed by atoms with Crippen molar-refractivity contribution in [2.75, 3.05) is 32.7 Å². The van der Waals surface area contributed by atoms with Crippen LogP contribution in [0.5, 0.6) is 0 Å². The molecule has 0 saturated carbocycles. The maximum absolute atomic E-state index is 12.6. The Hall–Kier alpha value is -1.54. The molecule has 2 amide bonds. The monoisotopic (exact) mass is 388 g/mol. The lowest BCUT2D eigenvalue weighted by molar-refractivity contribution is 0.00444. The second-order valence-corrected chi connectivity index (χ2v) is 8.73. The zero-order valence-electron chi connectivity index (χ0n) is 18.2. The molecule has 0 spiro atoms. The predicted octanol–water partition coefficient (Wildman–Crippen LogP) is 2.55. The lowest BCUT2D eigenvalue weighted by atomic mass is 10.2. The van der Waals surface area contributed by atoms with Gasteiger partial charge in [-0.25, -0.2) is 9.59 Å². The maximum atomic E-state index is 12.6. The number of carbonyl (C=O) groups is 2. The van der Waals surface area contributed by atoms with Crippen LogP contribution in [0.15, 0.2) is 0 Å². The minimum atomic E-state index is -0.595. The molecule has 4 N–H and O–H groups in total. The van der Waals surface area contributed by atoms with E-state index < -0.39 is 23.4 Å². The normalized spacial score (nSPS) is 13.1. The van der Waals surface area contributed by atoms with Gasteiger partial charge in [-0.2, -0.15) is 0 Å². The van der Waals surface area contributed by atoms with Gasteiger partial charge >= 0.3 is 12.2 Å². The van der Waals surface area contributed by atoms with Crippen molar-refractivity contribution < 1.29 is 19.1 Å². The summed E-state index contributed by atoms with van der Waals surface area (Å²) < 4.78 is 11.0. The number of hydrogen-bond acceptors (Lipinski definition) is 6. The molecule has 0 fully saturated rings. The Bertz CT molecular complexity index is 458. The van der Waals surface area contributed by atoms with E-state index in [0.29, 0.717) is 45.6 Å². The lowest BCUT2D eigenvalue weighted by Crippen LogP contribution is -2.50. The number of ether oxygens (including phenoxy) is 2. The molecule has 0 aliphatic rings. The molecule has 0 aliphatic carbocycles. The summed E-state index contributed by atoms with van der Waals surface area (Å²) in [5.74, 6) is 0. The molecule has 8 heteroatoms. The van der Waals surface area contributed by atoms with Gasteiger partial charge in [-0.3, -0.25) is 0 Å². The molecule has 8 nitrogen and oxygen atoms in total. The van der Waals surface area contributed by atoms with Crippen molar-refractivity contribution in [3.05, 3.63) is 0 Å². The van der Waals surface area contributed by atoms with E-state index in [4.69, 9.17) is 20.9 Å². The molecule has 0 radical (unpaired) electrons. The molecule has 0 rings (SSSR count). The van der Waals surface area contributed by atoms with Crippen LogP contribution in [-0.4, -0.2) is 72.0 Å². The van der Waals surface area contributed by atoms with Crippen LogP contribution in [0.4, 0.5) is 9.59 Å². The van der Waals surface area contributed by atoms with Crippen LogP contribution in [-0.2, 0) is 9.47 Å². The molecule has 0 aliphatic heterocycles. The molecule has 0 aromatic carbocycles. The molecule has 0 heterocycles. The van der Waals surface area contributed by atoms with Gasteiger partial charge in [0.05, 0.1) is 0 Å². The van der Waals surface area contributed by atoms with E-state index in [1.165, 1.54) is 0 Å². The van der Waals surface area contributed by atoms with E-state index in [9.17, 15) is 9.59 Å². The smallest absolute Gasteiger partial charge is 0.410 e. The minimum Gasteiger partial charge on any atom is -0.444 e. The Labute approximate surface area is 164 Å². The number of amides is 2. The van der Waals surface area contributed by atoms with Crippen LogP contribution in [0.2, 0.25) is 0 Å². The molecule has 0 aromatic heterocycles. The predicted molar refractivity (Wildman–Crippen MR) is 108 cm³/mol. The van der Waals surface area contributed by atoms with Gasteiger partial charge in [0, 0.05) is 25.7 Å². The van der Waals surface area contributed by atoms with Crippen molar-refractivity contribution in [1.29, 1.82) is 0 Å². The number of carbonyl (C=O) groups excluding carboxylic acids is 2. The Kier molecular flexibility index (Phi) is 10.7. The third kappa shape index (κ3) is 11.7. The standard InChI is InChI=1S/C19H40N4O4/c1-15(23(13-9-11-21)17(25)27-19(5,6)7)14-22(12-8-10-20)16(24)26-18(2,3)4/h15H,8-14,20-21H2,1-7H3. The first-order chi connectivity index (χ1) is 12.3. The van der Waals surface area contributed by atoms with Gasteiger partial charge < -0.3 is 30.7 Å². The van der Waals surface area contributed by atoms with Crippen molar-refractivity contribution in [2.45, 2.75) is 78.6 Å². The van der Waals surface area contributed by atoms with Crippen molar-refractivity contribution >= 4 is 12.2 Å². The highest BCUT2D eigenvalue weighted by Gasteiger charge is 2.29. The minimum absolute atomic E-state index is 0.253. The van der Waals surface area contributed by atoms with E-state index >= 15 is 0 Å². The second kappa shape index (κ2) is 11.3. The fourth-order valence-corrected chi connectivity index (χ4v) is 2.36. The number of nitrogens with two attached hydrogens (primary N) is 2. The van der Waals surface area contributed by atoms with Gasteiger partial charge in [0.15, 0.2) is 0 Å². The third-order valence-electron chi connectivity index (χ3n) is 3.53. The quantitative estimate of drug-likeness (QED) is 0.628. The summed E-state index contributed by atoms with van der Waals surface area (Å²) in [6.07, 6.45) is 0.484. The van der Waals surface area contributed by atoms with Gasteiger partial charge in [0.2, 0.25) is 0 Å². The zero-order chi connectivity index (χ0) is 21.3. The molecule has 160 valence electrons. The summed E-state index contributed by atoms with van der Waals surface area (Å²) in [4.78, 5) is 28.4. The van der Waals surface area contributed by atoms with Gasteiger partial charge in [-0.05, 0) is 74.4 Å². The van der Waals surface area contributed by atoms with Crippen molar-refractivity contribution in [2.24, 2.45) is 11.5 Å². The summed E-state index contributed by atoms with van der Waals surface area (Å²) in [5.41, 5.74) is 10.0. The Morgan fingerprint density at radius 3 is 1.74 bits per heavy atom. The van der Waals surface area contributed by atoms with Crippen LogP contribution >= 0.6 is 0 Å². The lowest BCUT2D eigenvalue weighted by Gasteiger charge is -2.35. The fraction of sp³-hybridized carbons (Fsp3) is 0.895. The average molecular weight is 389 g/mol. The molecule has 1 unspecified atom stereocenters. The Morgan fingerprint density at radius 2 is 1.30 bits per heavy atom. The molecule has 27 heavy (non-hydrogen) atoms. The highest BCUT2D eigenvalue weighted by Crippen LogP contribution is 2.15. The van der Waals surface area contributed by atoms with Crippen LogP contribution in [0.25, 0.3) is 0 Å². The third-order valence-corrected chi connectivity index (χ3v) is 3.53. The molecular formula is C19H40N4O4. The van der Waals surface area contributed by atoms with E-state index in [2.05, 4.69) is 0 Å². The molecule has 0 aromatic rings. The van der Waals surface area contributed by atoms with Gasteiger partial charge in [-0.1, -0.05) is 0 Å². The van der Waals surface area contributed by atoms with Gasteiger partial charge in [0.1, 0.15) is 11.2 Å². The summed E-state index contributed by atoms with van der Waals surface area (Å²) in [6, 6.07) is -0.253. The van der Waals surface area contributed by atoms with Crippen molar-refractivity contribution in [3.63, 3.8) is 0 Å². The molecular weight excluding hydrogens is 348 g/mol. The molecule has 0 saturated heterocycles. The second-order valence-electron chi connectivity index (χ2n) is 8.73. The largest absolute Gasteiger partial charge is 0.444 e. The average Bonchev–Trinajstić information content (AvgIpc) is 2.48. The van der Waals surface area contributed by atoms with E-state index in [1.807, 2.05) is 48.5 Å². The molecule has 0 bridgehead atoms. The zero-order valence-corrected chi connectivity index (χ0v) is 18.2. The van der Waals surface area contributed by atoms with Crippen LogP contribution in [0, 0.1) is 0 Å². The summed E-state index contributed by atoms with van der Waals surface area (Å²) >= 11 is 0. The van der Waals surface area contributed by atoms with E-state index in [1.54, 1.807) is 9.80 Å². The number of nitrogens with zero attached hydrogens (tertiary/aromatic N) is 2. The topological polar surface area (TPSA) is 111 Å². The van der Waals surface area contributed by atoms with Crippen LogP contribution in [0.1, 0.15) is 61.3 Å². The van der Waals surface area contributed by atoms with Crippen LogP contribution in [0.3, 0.4) is 0 Å². The SMILES string of the molecule is CC(CN(CCCN)C(=O)OC(C)(C)C)N(CCCN)C(=O)OC(C)(C)C. The molecule has 1 atom stereocenters.